The molecule has 36 heavy (non-hydrogen) atoms. The van der Waals surface area contributed by atoms with Crippen LogP contribution in [0.4, 0.5) is 11.6 Å². The number of fused-ring (bicyclic) bond motifs is 2. The number of nitrogens with one attached hydrogen (secondary N) is 2. The molecule has 0 saturated carbocycles. The van der Waals surface area contributed by atoms with Crippen molar-refractivity contribution in [1.29, 1.82) is 0 Å². The highest BCUT2D eigenvalue weighted by atomic mass is 16.1. The largest absolute Gasteiger partial charge is 0.352 e. The second-order valence-electron chi connectivity index (χ2n) is 8.82. The molecule has 5 aromatic rings. The lowest BCUT2D eigenvalue weighted by Crippen LogP contribution is -2.25. The molecular formula is C26H25N9O. The number of rotatable bonds is 8. The Morgan fingerprint density at radius 1 is 1.06 bits per heavy atom. The molecular weight excluding hydrogens is 454 g/mol. The van der Waals surface area contributed by atoms with Gasteiger partial charge in [0.15, 0.2) is 11.2 Å². The van der Waals surface area contributed by atoms with Gasteiger partial charge in [-0.1, -0.05) is 11.3 Å². The summed E-state index contributed by atoms with van der Waals surface area (Å²) >= 11 is 0. The number of aryl methyl sites for hydroxylation is 3. The first-order chi connectivity index (χ1) is 17.7. The molecule has 1 aliphatic rings. The van der Waals surface area contributed by atoms with E-state index in [-0.39, 0.29) is 5.91 Å². The first-order valence-corrected chi connectivity index (χ1v) is 12.0. The molecule has 0 unspecified atom stereocenters. The maximum Gasteiger partial charge on any atom is 0.251 e. The van der Waals surface area contributed by atoms with E-state index < -0.39 is 0 Å². The summed E-state index contributed by atoms with van der Waals surface area (Å²) in [6.07, 6.45) is 11.3. The average molecular weight is 480 g/mol. The molecule has 180 valence electrons. The highest BCUT2D eigenvalue weighted by Crippen LogP contribution is 2.25. The minimum atomic E-state index is -0.103. The van der Waals surface area contributed by atoms with Crippen LogP contribution in [0.15, 0.2) is 67.4 Å². The van der Waals surface area contributed by atoms with Crippen LogP contribution < -0.4 is 10.6 Å². The van der Waals surface area contributed by atoms with Crippen molar-refractivity contribution in [2.45, 2.75) is 32.2 Å². The second-order valence-corrected chi connectivity index (χ2v) is 8.82. The highest BCUT2D eigenvalue weighted by molar-refractivity contribution is 5.94. The van der Waals surface area contributed by atoms with E-state index in [0.717, 1.165) is 37.2 Å². The maximum absolute atomic E-state index is 12.4. The van der Waals surface area contributed by atoms with Crippen LogP contribution in [0.2, 0.25) is 0 Å². The molecule has 6 rings (SSSR count). The molecule has 1 aliphatic carbocycles. The Labute approximate surface area is 207 Å². The van der Waals surface area contributed by atoms with E-state index in [1.54, 1.807) is 35.5 Å². The number of anilines is 2. The number of hydrogen-bond acceptors (Lipinski definition) is 7. The predicted molar refractivity (Wildman–Crippen MR) is 135 cm³/mol. The van der Waals surface area contributed by atoms with Crippen molar-refractivity contribution in [3.8, 4) is 5.69 Å². The van der Waals surface area contributed by atoms with Crippen LogP contribution in [0.25, 0.3) is 16.9 Å². The van der Waals surface area contributed by atoms with Crippen LogP contribution in [0.5, 0.6) is 0 Å². The molecule has 10 nitrogen and oxygen atoms in total. The number of aromatic nitrogens is 7. The van der Waals surface area contributed by atoms with Crippen molar-refractivity contribution in [2.24, 2.45) is 0 Å². The fraction of sp³-hybridized carbons (Fsp3) is 0.231. The molecule has 10 heteroatoms. The molecule has 3 heterocycles. The van der Waals surface area contributed by atoms with Crippen molar-refractivity contribution in [2.75, 3.05) is 11.9 Å². The number of carbonyl (C=O) groups excluding carboxylic acids is 1. The fourth-order valence-corrected chi connectivity index (χ4v) is 4.47. The predicted octanol–water partition coefficient (Wildman–Crippen LogP) is 3.46. The lowest BCUT2D eigenvalue weighted by molar-refractivity contribution is 0.0952. The van der Waals surface area contributed by atoms with Gasteiger partial charge in [0.25, 0.3) is 5.91 Å². The topological polar surface area (TPSA) is 115 Å². The van der Waals surface area contributed by atoms with E-state index in [1.807, 2.05) is 22.9 Å². The maximum atomic E-state index is 12.4. The van der Waals surface area contributed by atoms with Gasteiger partial charge < -0.3 is 15.2 Å². The van der Waals surface area contributed by atoms with Crippen LogP contribution >= 0.6 is 0 Å². The van der Waals surface area contributed by atoms with Gasteiger partial charge >= 0.3 is 0 Å². The standard InChI is InChI=1S/C26H25N9O/c36-25(28-11-2-13-34-14-12-27-17-34)19-5-8-21(9-6-19)30-26-29-16-23-24(31-26)35(33-32-23)22-10-7-18-3-1-4-20(18)15-22/h5-10,12,14-17H,1-4,11,13H2,(H,28,36)(H,29,30,31). The Bertz CT molecular complexity index is 1510. The minimum absolute atomic E-state index is 0.103. The normalized spacial score (nSPS) is 12.6. The molecule has 3 aromatic heterocycles. The summed E-state index contributed by atoms with van der Waals surface area (Å²) in [5, 5.41) is 14.7. The van der Waals surface area contributed by atoms with Crippen LogP contribution in [0.1, 0.15) is 34.3 Å². The third kappa shape index (κ3) is 4.52. The Morgan fingerprint density at radius 2 is 1.94 bits per heavy atom. The third-order valence-corrected chi connectivity index (χ3v) is 6.36. The lowest BCUT2D eigenvalue weighted by Gasteiger charge is -2.08. The molecule has 0 bridgehead atoms. The summed E-state index contributed by atoms with van der Waals surface area (Å²) in [6, 6.07) is 13.6. The van der Waals surface area contributed by atoms with E-state index in [1.165, 1.54) is 17.5 Å². The zero-order valence-electron chi connectivity index (χ0n) is 19.6. The number of imidazole rings is 1. The fourth-order valence-electron chi connectivity index (χ4n) is 4.47. The van der Waals surface area contributed by atoms with E-state index >= 15 is 0 Å². The van der Waals surface area contributed by atoms with Crippen molar-refractivity contribution < 1.29 is 4.79 Å². The number of benzene rings is 2. The van der Waals surface area contributed by atoms with Gasteiger partial charge in [-0.25, -0.2) is 9.97 Å². The van der Waals surface area contributed by atoms with E-state index in [9.17, 15) is 4.79 Å². The molecule has 2 aromatic carbocycles. The van der Waals surface area contributed by atoms with Crippen LogP contribution in [-0.4, -0.2) is 47.0 Å². The summed E-state index contributed by atoms with van der Waals surface area (Å²) < 4.78 is 3.74. The van der Waals surface area contributed by atoms with E-state index in [0.29, 0.717) is 29.2 Å². The molecule has 0 saturated heterocycles. The number of nitrogens with zero attached hydrogens (tertiary/aromatic N) is 7. The lowest BCUT2D eigenvalue weighted by atomic mass is 10.1. The summed E-state index contributed by atoms with van der Waals surface area (Å²) in [4.78, 5) is 25.5. The zero-order valence-corrected chi connectivity index (χ0v) is 19.6. The average Bonchev–Trinajstić information content (AvgIpc) is 3.67. The summed E-state index contributed by atoms with van der Waals surface area (Å²) in [6.45, 7) is 1.41. The summed E-state index contributed by atoms with van der Waals surface area (Å²) in [7, 11) is 0. The van der Waals surface area contributed by atoms with Crippen LogP contribution in [-0.2, 0) is 19.4 Å². The molecule has 0 fully saturated rings. The van der Waals surface area contributed by atoms with Gasteiger partial charge in [0.1, 0.15) is 0 Å². The van der Waals surface area contributed by atoms with Crippen molar-refractivity contribution >= 4 is 28.7 Å². The molecule has 2 N–H and O–H groups in total. The van der Waals surface area contributed by atoms with Crippen molar-refractivity contribution in [3.63, 3.8) is 0 Å². The van der Waals surface area contributed by atoms with Crippen molar-refractivity contribution in [3.05, 3.63) is 84.1 Å². The molecule has 0 spiro atoms. The Balaban J connectivity index is 1.12. The first-order valence-electron chi connectivity index (χ1n) is 12.0. The first kappa shape index (κ1) is 21.9. The Kier molecular flexibility index (Phi) is 5.82. The summed E-state index contributed by atoms with van der Waals surface area (Å²) in [5.74, 6) is 0.332. The minimum Gasteiger partial charge on any atom is -0.352 e. The van der Waals surface area contributed by atoms with Crippen LogP contribution in [0, 0.1) is 0 Å². The molecule has 0 radical (unpaired) electrons. The van der Waals surface area contributed by atoms with Crippen LogP contribution in [0.3, 0.4) is 0 Å². The van der Waals surface area contributed by atoms with Gasteiger partial charge in [-0.05, 0) is 73.2 Å². The van der Waals surface area contributed by atoms with Gasteiger partial charge in [-0.2, -0.15) is 9.67 Å². The molecule has 0 aliphatic heterocycles. The Morgan fingerprint density at radius 3 is 2.81 bits per heavy atom. The monoisotopic (exact) mass is 479 g/mol. The van der Waals surface area contributed by atoms with Gasteiger partial charge in [-0.3, -0.25) is 4.79 Å². The van der Waals surface area contributed by atoms with Crippen molar-refractivity contribution in [1.82, 2.24) is 39.8 Å². The van der Waals surface area contributed by atoms with Gasteiger partial charge in [0.05, 0.1) is 18.2 Å². The van der Waals surface area contributed by atoms with Gasteiger partial charge in [0.2, 0.25) is 5.95 Å². The second kappa shape index (κ2) is 9.57. The van der Waals surface area contributed by atoms with E-state index in [4.69, 9.17) is 0 Å². The van der Waals surface area contributed by atoms with E-state index in [2.05, 4.69) is 54.1 Å². The SMILES string of the molecule is O=C(NCCCn1ccnc1)c1ccc(Nc2ncc3nnn(-c4ccc5c(c4)CCC5)c3n2)cc1. The third-order valence-electron chi connectivity index (χ3n) is 6.36. The Hall–Kier alpha value is -4.60. The highest BCUT2D eigenvalue weighted by Gasteiger charge is 2.15. The number of carbonyl (C=O) groups is 1. The summed E-state index contributed by atoms with van der Waals surface area (Å²) in [5.41, 5.74) is 6.36. The van der Waals surface area contributed by atoms with Gasteiger partial charge in [0, 0.05) is 36.7 Å². The van der Waals surface area contributed by atoms with Gasteiger partial charge in [-0.15, -0.1) is 5.10 Å². The molecule has 0 atom stereocenters. The number of hydrogen-bond donors (Lipinski definition) is 2. The number of amides is 1. The quantitative estimate of drug-likeness (QED) is 0.328. The molecule has 1 amide bonds. The smallest absolute Gasteiger partial charge is 0.251 e. The zero-order chi connectivity index (χ0) is 24.3.